The average molecular weight is 449 g/mol. The largest absolute Gasteiger partial charge is 0.503 e. The molecule has 9 heteroatoms. The zero-order chi connectivity index (χ0) is 22.7. The summed E-state index contributed by atoms with van der Waals surface area (Å²) in [4.78, 5) is 40.4. The lowest BCUT2D eigenvalue weighted by Crippen LogP contribution is -2.31. The van der Waals surface area contributed by atoms with E-state index in [1.165, 1.54) is 22.5 Å². The summed E-state index contributed by atoms with van der Waals surface area (Å²) in [7, 11) is 0. The Kier molecular flexibility index (Phi) is 4.52. The highest BCUT2D eigenvalue weighted by molar-refractivity contribution is 7.14. The molecule has 4 aromatic rings. The Morgan fingerprint density at radius 2 is 1.94 bits per heavy atom. The fourth-order valence-corrected chi connectivity index (χ4v) is 4.88. The van der Waals surface area contributed by atoms with E-state index in [9.17, 15) is 14.7 Å². The number of fused-ring (bicyclic) bond motifs is 1. The molecule has 8 nitrogen and oxygen atoms in total. The van der Waals surface area contributed by atoms with E-state index in [0.717, 1.165) is 21.7 Å². The number of carbonyl (C=O) groups excluding carboxylic acids is 2. The van der Waals surface area contributed by atoms with Crippen LogP contribution < -0.4 is 4.90 Å². The topological polar surface area (TPSA) is 112 Å². The van der Waals surface area contributed by atoms with Gasteiger partial charge >= 0.3 is 0 Å². The minimum atomic E-state index is -0.963. The van der Waals surface area contributed by atoms with Crippen LogP contribution in [0.3, 0.4) is 0 Å². The second-order valence-corrected chi connectivity index (χ2v) is 9.05. The van der Waals surface area contributed by atoms with Crippen LogP contribution in [0.2, 0.25) is 0 Å². The van der Waals surface area contributed by atoms with Crippen LogP contribution >= 0.6 is 11.3 Å². The van der Waals surface area contributed by atoms with Gasteiger partial charge in [-0.05, 0) is 63.1 Å². The van der Waals surface area contributed by atoms with Crippen molar-refractivity contribution >= 4 is 40.0 Å². The summed E-state index contributed by atoms with van der Waals surface area (Å²) < 4.78 is 5.58. The number of hydrogen-bond acceptors (Lipinski definition) is 7. The Morgan fingerprint density at radius 3 is 2.59 bits per heavy atom. The predicted molar refractivity (Wildman–Crippen MR) is 120 cm³/mol. The molecule has 2 N–H and O–H groups in total. The smallest absolute Gasteiger partial charge is 0.296 e. The van der Waals surface area contributed by atoms with Crippen LogP contribution in [0.15, 0.2) is 46.3 Å². The van der Waals surface area contributed by atoms with E-state index in [-0.39, 0.29) is 11.5 Å². The van der Waals surface area contributed by atoms with Crippen molar-refractivity contribution in [2.45, 2.75) is 33.7 Å². The van der Waals surface area contributed by atoms with Crippen molar-refractivity contribution in [2.24, 2.45) is 0 Å². The molecule has 5 rings (SSSR count). The molecule has 1 aliphatic heterocycles. The maximum Gasteiger partial charge on any atom is 0.296 e. The van der Waals surface area contributed by atoms with Gasteiger partial charge in [0.1, 0.15) is 11.8 Å². The summed E-state index contributed by atoms with van der Waals surface area (Å²) in [5.74, 6) is -1.22. The van der Waals surface area contributed by atoms with Crippen LogP contribution in [0.25, 0.3) is 11.0 Å². The molecule has 1 aromatic carbocycles. The molecular formula is C23H20N4O4S. The maximum atomic E-state index is 13.5. The number of benzene rings is 1. The van der Waals surface area contributed by atoms with Crippen LogP contribution in [-0.2, 0) is 4.79 Å². The molecule has 4 heterocycles. The van der Waals surface area contributed by atoms with E-state index in [2.05, 4.69) is 15.0 Å². The highest BCUT2D eigenvalue weighted by Crippen LogP contribution is 2.42. The summed E-state index contributed by atoms with van der Waals surface area (Å²) in [6.07, 6.45) is 1.46. The fraction of sp³-hybridized carbons (Fsp3) is 0.217. The van der Waals surface area contributed by atoms with E-state index in [0.29, 0.717) is 21.8 Å². The van der Waals surface area contributed by atoms with Gasteiger partial charge < -0.3 is 14.5 Å². The van der Waals surface area contributed by atoms with Crippen molar-refractivity contribution in [3.8, 4) is 0 Å². The first-order valence-electron chi connectivity index (χ1n) is 10.0. The van der Waals surface area contributed by atoms with Gasteiger partial charge in [0.05, 0.1) is 38.4 Å². The van der Waals surface area contributed by atoms with Gasteiger partial charge in [0.2, 0.25) is 11.7 Å². The molecule has 0 spiro atoms. The number of aromatic nitrogens is 3. The third-order valence-electron chi connectivity index (χ3n) is 5.69. The molecule has 1 aliphatic rings. The summed E-state index contributed by atoms with van der Waals surface area (Å²) in [5, 5.41) is 11.5. The van der Waals surface area contributed by atoms with Crippen LogP contribution in [-0.4, -0.2) is 31.7 Å². The second kappa shape index (κ2) is 7.16. The number of nitrogens with zero attached hydrogens (tertiary/aromatic N) is 3. The number of ketones is 1. The van der Waals surface area contributed by atoms with Crippen molar-refractivity contribution in [1.82, 2.24) is 15.0 Å². The Balaban J connectivity index is 1.67. The van der Waals surface area contributed by atoms with E-state index < -0.39 is 23.5 Å². The standard InChI is InChI=1S/C23H20N4O4S/c1-10-8-14-15(9-11(10)2)26-23(25-14)27-18(16-6-5-7-31-16)17(20(29)22(27)30)19(28)21-12(3)24-13(4)32-21/h5-9,18,29H,1-4H3,(H,25,26). The average Bonchev–Trinajstić information content (AvgIpc) is 3.50. The van der Waals surface area contributed by atoms with Crippen molar-refractivity contribution in [3.05, 3.63) is 74.3 Å². The Hall–Kier alpha value is -3.72. The Labute approximate surface area is 187 Å². The first-order chi connectivity index (χ1) is 15.3. The molecule has 1 atom stereocenters. The summed E-state index contributed by atoms with van der Waals surface area (Å²) in [6, 6.07) is 6.25. The molecule has 0 radical (unpaired) electrons. The van der Waals surface area contributed by atoms with Crippen molar-refractivity contribution in [2.75, 3.05) is 4.90 Å². The number of amides is 1. The number of anilines is 1. The van der Waals surface area contributed by atoms with Crippen LogP contribution in [0.4, 0.5) is 5.95 Å². The van der Waals surface area contributed by atoms with Crippen molar-refractivity contribution in [3.63, 3.8) is 0 Å². The molecule has 162 valence electrons. The van der Waals surface area contributed by atoms with Gasteiger partial charge in [0.25, 0.3) is 5.91 Å². The zero-order valence-electron chi connectivity index (χ0n) is 17.9. The van der Waals surface area contributed by atoms with Gasteiger partial charge in [-0.2, -0.15) is 0 Å². The van der Waals surface area contributed by atoms with Crippen LogP contribution in [0, 0.1) is 27.7 Å². The lowest BCUT2D eigenvalue weighted by atomic mass is 10.00. The number of aryl methyl sites for hydroxylation is 4. The van der Waals surface area contributed by atoms with Gasteiger partial charge in [-0.1, -0.05) is 0 Å². The monoisotopic (exact) mass is 448 g/mol. The minimum absolute atomic E-state index is 0.0514. The first kappa shape index (κ1) is 20.2. The molecule has 0 saturated heterocycles. The van der Waals surface area contributed by atoms with Crippen LogP contribution in [0.5, 0.6) is 0 Å². The zero-order valence-corrected chi connectivity index (χ0v) is 18.7. The third kappa shape index (κ3) is 2.96. The molecule has 0 bridgehead atoms. The maximum absolute atomic E-state index is 13.5. The number of aliphatic hydroxyl groups is 1. The van der Waals surface area contributed by atoms with Gasteiger partial charge in [0.15, 0.2) is 5.76 Å². The molecule has 0 saturated carbocycles. The number of imidazole rings is 1. The lowest BCUT2D eigenvalue weighted by Gasteiger charge is -2.22. The van der Waals surface area contributed by atoms with E-state index >= 15 is 0 Å². The number of rotatable bonds is 4. The number of Topliss-reactive ketones (excluding diaryl/α,β-unsaturated/α-hetero) is 1. The predicted octanol–water partition coefficient (Wildman–Crippen LogP) is 4.63. The number of nitrogens with one attached hydrogen (secondary N) is 1. The number of H-pyrrole nitrogens is 1. The van der Waals surface area contributed by atoms with Crippen molar-refractivity contribution in [1.29, 1.82) is 0 Å². The number of hydrogen-bond donors (Lipinski definition) is 2. The highest BCUT2D eigenvalue weighted by Gasteiger charge is 2.47. The number of carbonyl (C=O) groups is 2. The number of thiazole rings is 1. The first-order valence-corrected chi connectivity index (χ1v) is 10.8. The quantitative estimate of drug-likeness (QED) is 0.440. The highest BCUT2D eigenvalue weighted by atomic mass is 32.1. The number of aliphatic hydroxyl groups excluding tert-OH is 1. The van der Waals surface area contributed by atoms with Gasteiger partial charge in [0, 0.05) is 0 Å². The van der Waals surface area contributed by atoms with E-state index in [1.54, 1.807) is 26.0 Å². The molecular weight excluding hydrogens is 428 g/mol. The molecule has 0 fully saturated rings. The lowest BCUT2D eigenvalue weighted by molar-refractivity contribution is -0.117. The Morgan fingerprint density at radius 1 is 1.19 bits per heavy atom. The molecule has 1 unspecified atom stereocenters. The van der Waals surface area contributed by atoms with Crippen molar-refractivity contribution < 1.29 is 19.1 Å². The fourth-order valence-electron chi connectivity index (χ4n) is 4.01. The molecule has 32 heavy (non-hydrogen) atoms. The number of aromatic amines is 1. The van der Waals surface area contributed by atoms with Crippen LogP contribution in [0.1, 0.15) is 43.3 Å². The third-order valence-corrected chi connectivity index (χ3v) is 6.76. The molecule has 1 amide bonds. The van der Waals surface area contributed by atoms with E-state index in [1.807, 2.05) is 26.0 Å². The van der Waals surface area contributed by atoms with E-state index in [4.69, 9.17) is 4.42 Å². The minimum Gasteiger partial charge on any atom is -0.503 e. The van der Waals surface area contributed by atoms with Gasteiger partial charge in [-0.3, -0.25) is 14.5 Å². The summed E-state index contributed by atoms with van der Waals surface area (Å²) >= 11 is 1.23. The van der Waals surface area contributed by atoms with Gasteiger partial charge in [-0.15, -0.1) is 11.3 Å². The molecule has 0 aliphatic carbocycles. The summed E-state index contributed by atoms with van der Waals surface area (Å²) in [5.41, 5.74) is 4.08. The normalized spacial score (nSPS) is 16.6. The number of furan rings is 1. The summed E-state index contributed by atoms with van der Waals surface area (Å²) in [6.45, 7) is 7.51. The Bertz CT molecular complexity index is 1390. The second-order valence-electron chi connectivity index (χ2n) is 7.85. The van der Waals surface area contributed by atoms with Gasteiger partial charge in [-0.25, -0.2) is 9.97 Å². The molecule has 3 aromatic heterocycles. The SMILES string of the molecule is Cc1nc(C)c(C(=O)C2=C(O)C(=O)N(c3nc4cc(C)c(C)cc4[nH]3)C2c2ccco2)s1.